The van der Waals surface area contributed by atoms with Crippen molar-refractivity contribution in [3.8, 4) is 0 Å². The zero-order valence-corrected chi connectivity index (χ0v) is 14.4. The van der Waals surface area contributed by atoms with Gasteiger partial charge in [-0.3, -0.25) is 4.90 Å². The number of benzene rings is 2. The molecule has 1 fully saturated rings. The van der Waals surface area contributed by atoms with Crippen molar-refractivity contribution in [3.63, 3.8) is 0 Å². The lowest BCUT2D eigenvalue weighted by molar-refractivity contribution is 0.182. The summed E-state index contributed by atoms with van der Waals surface area (Å²) < 4.78 is 0. The lowest BCUT2D eigenvalue weighted by atomic mass is 9.96. The fourth-order valence-corrected chi connectivity index (χ4v) is 3.58. The number of piperidine rings is 1. The molecule has 1 saturated heterocycles. The number of nitrogens with zero attached hydrogens (tertiary/aromatic N) is 3. The first-order valence-corrected chi connectivity index (χ1v) is 9.08. The van der Waals surface area contributed by atoms with Crippen molar-refractivity contribution in [1.82, 2.24) is 14.9 Å². The van der Waals surface area contributed by atoms with Crippen LogP contribution in [-0.2, 0) is 6.54 Å². The molecule has 0 unspecified atom stereocenters. The van der Waals surface area contributed by atoms with Crippen molar-refractivity contribution in [2.24, 2.45) is 5.92 Å². The molecule has 0 saturated carbocycles. The molecule has 0 aliphatic carbocycles. The highest BCUT2D eigenvalue weighted by Crippen LogP contribution is 2.22. The van der Waals surface area contributed by atoms with E-state index in [-0.39, 0.29) is 0 Å². The van der Waals surface area contributed by atoms with E-state index in [1.54, 1.807) is 6.33 Å². The van der Waals surface area contributed by atoms with Crippen LogP contribution in [0.5, 0.6) is 0 Å². The summed E-state index contributed by atoms with van der Waals surface area (Å²) in [5, 5.41) is 4.66. The number of fused-ring (bicyclic) bond motifs is 1. The van der Waals surface area contributed by atoms with E-state index in [0.29, 0.717) is 5.92 Å². The van der Waals surface area contributed by atoms with Crippen molar-refractivity contribution in [3.05, 3.63) is 66.5 Å². The molecule has 4 nitrogen and oxygen atoms in total. The number of aromatic nitrogens is 2. The van der Waals surface area contributed by atoms with Gasteiger partial charge in [0.1, 0.15) is 12.1 Å². The van der Waals surface area contributed by atoms with Gasteiger partial charge in [0.15, 0.2) is 0 Å². The lowest BCUT2D eigenvalue weighted by Crippen LogP contribution is -2.35. The highest BCUT2D eigenvalue weighted by Gasteiger charge is 2.19. The molecule has 0 spiro atoms. The van der Waals surface area contributed by atoms with Crippen molar-refractivity contribution < 1.29 is 0 Å². The molecule has 0 radical (unpaired) electrons. The highest BCUT2D eigenvalue weighted by atomic mass is 15.1. The van der Waals surface area contributed by atoms with Crippen LogP contribution in [0, 0.1) is 5.92 Å². The monoisotopic (exact) mass is 332 g/mol. The second-order valence-electron chi connectivity index (χ2n) is 6.83. The minimum Gasteiger partial charge on any atom is -0.369 e. The van der Waals surface area contributed by atoms with Crippen molar-refractivity contribution in [2.45, 2.75) is 19.4 Å². The molecule has 25 heavy (non-hydrogen) atoms. The van der Waals surface area contributed by atoms with Crippen LogP contribution in [0.1, 0.15) is 18.4 Å². The van der Waals surface area contributed by atoms with Gasteiger partial charge in [0.25, 0.3) is 0 Å². The topological polar surface area (TPSA) is 41.0 Å². The first-order chi connectivity index (χ1) is 12.4. The van der Waals surface area contributed by atoms with Gasteiger partial charge in [-0.15, -0.1) is 0 Å². The van der Waals surface area contributed by atoms with Crippen molar-refractivity contribution in [1.29, 1.82) is 0 Å². The summed E-state index contributed by atoms with van der Waals surface area (Å²) in [5.74, 6) is 1.66. The molecular weight excluding hydrogens is 308 g/mol. The number of para-hydroxylation sites is 1. The summed E-state index contributed by atoms with van der Waals surface area (Å²) in [4.78, 5) is 11.3. The van der Waals surface area contributed by atoms with E-state index >= 15 is 0 Å². The van der Waals surface area contributed by atoms with Crippen LogP contribution in [0.4, 0.5) is 5.82 Å². The summed E-state index contributed by atoms with van der Waals surface area (Å²) in [6.45, 7) is 4.40. The molecule has 2 aromatic carbocycles. The zero-order valence-electron chi connectivity index (χ0n) is 14.4. The number of nitrogens with one attached hydrogen (secondary N) is 1. The fourth-order valence-electron chi connectivity index (χ4n) is 3.58. The SMILES string of the molecule is c1ccc(CN2CCC(CNc3ncnc4ccccc34)CC2)cc1. The molecule has 1 N–H and O–H groups in total. The first-order valence-electron chi connectivity index (χ1n) is 9.08. The third-order valence-electron chi connectivity index (χ3n) is 5.06. The smallest absolute Gasteiger partial charge is 0.137 e. The minimum absolute atomic E-state index is 0.709. The Morgan fingerprint density at radius 1 is 0.920 bits per heavy atom. The van der Waals surface area contributed by atoms with Crippen LogP contribution in [0.2, 0.25) is 0 Å². The van der Waals surface area contributed by atoms with Gasteiger partial charge >= 0.3 is 0 Å². The van der Waals surface area contributed by atoms with E-state index in [4.69, 9.17) is 0 Å². The summed E-state index contributed by atoms with van der Waals surface area (Å²) >= 11 is 0. The number of hydrogen-bond acceptors (Lipinski definition) is 4. The molecule has 0 atom stereocenters. The molecular formula is C21H24N4. The van der Waals surface area contributed by atoms with Gasteiger partial charge in [-0.05, 0) is 49.5 Å². The fraction of sp³-hybridized carbons (Fsp3) is 0.333. The molecule has 1 aliphatic rings. The molecule has 1 aromatic heterocycles. The minimum atomic E-state index is 0.709. The van der Waals surface area contributed by atoms with E-state index in [2.05, 4.69) is 56.6 Å². The van der Waals surface area contributed by atoms with Crippen molar-refractivity contribution >= 4 is 16.7 Å². The second kappa shape index (κ2) is 7.62. The summed E-state index contributed by atoms with van der Waals surface area (Å²) in [6.07, 6.45) is 4.12. The van der Waals surface area contributed by atoms with E-state index in [1.165, 1.54) is 31.5 Å². The van der Waals surface area contributed by atoms with Crippen LogP contribution in [-0.4, -0.2) is 34.5 Å². The first kappa shape index (κ1) is 16.0. The molecule has 0 bridgehead atoms. The Bertz CT molecular complexity index is 805. The van der Waals surface area contributed by atoms with Gasteiger partial charge in [0, 0.05) is 18.5 Å². The molecule has 4 heteroatoms. The predicted molar refractivity (Wildman–Crippen MR) is 102 cm³/mol. The Balaban J connectivity index is 1.30. The van der Waals surface area contributed by atoms with Gasteiger partial charge < -0.3 is 5.32 Å². The second-order valence-corrected chi connectivity index (χ2v) is 6.83. The Labute approximate surface area is 148 Å². The van der Waals surface area contributed by atoms with Crippen LogP contribution < -0.4 is 5.32 Å². The van der Waals surface area contributed by atoms with Crippen LogP contribution >= 0.6 is 0 Å². The standard InChI is InChI=1S/C21H24N4/c1-2-6-18(7-3-1)15-25-12-10-17(11-13-25)14-22-21-19-8-4-5-9-20(19)23-16-24-21/h1-9,16-17H,10-15H2,(H,22,23,24). The number of hydrogen-bond donors (Lipinski definition) is 1. The maximum atomic E-state index is 4.43. The van der Waals surface area contributed by atoms with Gasteiger partial charge in [-0.2, -0.15) is 0 Å². The molecule has 128 valence electrons. The molecule has 0 amide bonds. The summed E-state index contributed by atoms with van der Waals surface area (Å²) in [6, 6.07) is 18.9. The van der Waals surface area contributed by atoms with Gasteiger partial charge in [0.2, 0.25) is 0 Å². The zero-order chi connectivity index (χ0) is 16.9. The van der Waals surface area contributed by atoms with E-state index in [1.807, 2.05) is 18.2 Å². The maximum Gasteiger partial charge on any atom is 0.137 e. The number of rotatable bonds is 5. The normalized spacial score (nSPS) is 16.2. The van der Waals surface area contributed by atoms with Crippen molar-refractivity contribution in [2.75, 3.05) is 25.0 Å². The van der Waals surface area contributed by atoms with E-state index in [9.17, 15) is 0 Å². The van der Waals surface area contributed by atoms with Gasteiger partial charge in [-0.25, -0.2) is 9.97 Å². The Kier molecular flexibility index (Phi) is 4.89. The maximum absolute atomic E-state index is 4.43. The highest BCUT2D eigenvalue weighted by molar-refractivity contribution is 5.88. The van der Waals surface area contributed by atoms with Crippen LogP contribution in [0.25, 0.3) is 10.9 Å². The average Bonchev–Trinajstić information content (AvgIpc) is 2.68. The Hall–Kier alpha value is -2.46. The molecule has 3 aromatic rings. The summed E-state index contributed by atoms with van der Waals surface area (Å²) in [5.41, 5.74) is 2.41. The van der Waals surface area contributed by atoms with Gasteiger partial charge in [0.05, 0.1) is 5.52 Å². The Morgan fingerprint density at radius 3 is 2.52 bits per heavy atom. The number of anilines is 1. The lowest BCUT2D eigenvalue weighted by Gasteiger charge is -2.32. The van der Waals surface area contributed by atoms with E-state index in [0.717, 1.165) is 29.8 Å². The largest absolute Gasteiger partial charge is 0.369 e. The van der Waals surface area contributed by atoms with Crippen LogP contribution in [0.3, 0.4) is 0 Å². The molecule has 4 rings (SSSR count). The summed E-state index contributed by atoms with van der Waals surface area (Å²) in [7, 11) is 0. The molecule has 1 aliphatic heterocycles. The Morgan fingerprint density at radius 2 is 1.68 bits per heavy atom. The van der Waals surface area contributed by atoms with Crippen LogP contribution in [0.15, 0.2) is 60.9 Å². The van der Waals surface area contributed by atoms with Gasteiger partial charge in [-0.1, -0.05) is 42.5 Å². The van der Waals surface area contributed by atoms with E-state index < -0.39 is 0 Å². The molecule has 2 heterocycles. The average molecular weight is 332 g/mol. The number of likely N-dealkylation sites (tertiary alicyclic amines) is 1. The quantitative estimate of drug-likeness (QED) is 0.768. The third-order valence-corrected chi connectivity index (χ3v) is 5.06. The predicted octanol–water partition coefficient (Wildman–Crippen LogP) is 3.95. The third kappa shape index (κ3) is 3.97.